The summed E-state index contributed by atoms with van der Waals surface area (Å²) < 4.78 is 27.0. The lowest BCUT2D eigenvalue weighted by molar-refractivity contribution is -0.138. The maximum Gasteiger partial charge on any atom is 0.343 e. The Morgan fingerprint density at radius 2 is 1.24 bits per heavy atom. The van der Waals surface area contributed by atoms with Crippen molar-refractivity contribution in [2.45, 2.75) is 12.8 Å². The molecule has 0 saturated carbocycles. The van der Waals surface area contributed by atoms with Crippen LogP contribution in [0.5, 0.6) is 17.2 Å². The Kier molecular flexibility index (Phi) is 11.7. The van der Waals surface area contributed by atoms with Crippen LogP contribution in [0, 0.1) is 6.57 Å². The summed E-state index contributed by atoms with van der Waals surface area (Å²) in [6, 6.07) is 18.9. The molecule has 0 amide bonds. The number of carbonyl (C=O) groups excluding carboxylic acids is 3. The number of hydrogen-bond donors (Lipinski definition) is 0. The lowest BCUT2D eigenvalue weighted by Gasteiger charge is -2.14. The van der Waals surface area contributed by atoms with Crippen LogP contribution in [0.2, 0.25) is 0 Å². The number of hydrogen-bond acceptors (Lipinski definition) is 8. The lowest BCUT2D eigenvalue weighted by Crippen LogP contribution is -2.11. The first-order valence-electron chi connectivity index (χ1n) is 12.7. The van der Waals surface area contributed by atoms with Gasteiger partial charge in [-0.2, -0.15) is 0 Å². The molecular formula is C32H29NO8. The van der Waals surface area contributed by atoms with Crippen molar-refractivity contribution in [1.82, 2.24) is 0 Å². The first kappa shape index (κ1) is 30.2. The number of carbonyl (C=O) groups is 3. The standard InChI is InChI=1S/C32H29NO8/c1-4-30(34)39-20-6-18-37-28-17-12-25(22-29(28)38-19-7-21-40-31(35)5-2)32(36)41-27-15-10-24(11-16-27)23-8-13-26(33-3)14-9-23/h4-5,8-17,22H,1-2,6-7,18-21H2. The van der Waals surface area contributed by atoms with Gasteiger partial charge in [0.25, 0.3) is 0 Å². The van der Waals surface area contributed by atoms with Gasteiger partial charge >= 0.3 is 17.9 Å². The molecule has 3 rings (SSSR count). The van der Waals surface area contributed by atoms with E-state index in [1.165, 1.54) is 6.07 Å². The fraction of sp³-hybridized carbons (Fsp3) is 0.188. The molecule has 0 radical (unpaired) electrons. The summed E-state index contributed by atoms with van der Waals surface area (Å²) >= 11 is 0. The number of ether oxygens (including phenoxy) is 5. The highest BCUT2D eigenvalue weighted by Gasteiger charge is 2.15. The maximum atomic E-state index is 12.9. The van der Waals surface area contributed by atoms with E-state index in [-0.39, 0.29) is 32.0 Å². The highest BCUT2D eigenvalue weighted by molar-refractivity contribution is 5.92. The summed E-state index contributed by atoms with van der Waals surface area (Å²) in [4.78, 5) is 38.7. The van der Waals surface area contributed by atoms with Crippen LogP contribution in [0.3, 0.4) is 0 Å². The average molecular weight is 556 g/mol. The molecule has 3 aromatic carbocycles. The minimum absolute atomic E-state index is 0.136. The minimum Gasteiger partial charge on any atom is -0.490 e. The lowest BCUT2D eigenvalue weighted by atomic mass is 10.1. The van der Waals surface area contributed by atoms with Crippen LogP contribution in [-0.4, -0.2) is 44.3 Å². The fourth-order valence-corrected chi connectivity index (χ4v) is 3.42. The van der Waals surface area contributed by atoms with Gasteiger partial charge in [0.05, 0.1) is 38.6 Å². The largest absolute Gasteiger partial charge is 0.490 e. The molecule has 9 nitrogen and oxygen atoms in total. The Balaban J connectivity index is 1.64. The fourth-order valence-electron chi connectivity index (χ4n) is 3.42. The van der Waals surface area contributed by atoms with Gasteiger partial charge < -0.3 is 23.7 Å². The van der Waals surface area contributed by atoms with Crippen molar-refractivity contribution in [3.8, 4) is 28.4 Å². The summed E-state index contributed by atoms with van der Waals surface area (Å²) in [5.74, 6) is -0.589. The van der Waals surface area contributed by atoms with Crippen LogP contribution in [0.4, 0.5) is 5.69 Å². The van der Waals surface area contributed by atoms with Crippen LogP contribution < -0.4 is 14.2 Å². The SMILES string of the molecule is [C-]#[N+]c1ccc(-c2ccc(OC(=O)c3ccc(OCCCOC(=O)C=C)c(OCCCOC(=O)C=C)c3)cc2)cc1. The van der Waals surface area contributed by atoms with Crippen LogP contribution in [0.15, 0.2) is 92.0 Å². The third-order valence-electron chi connectivity index (χ3n) is 5.49. The summed E-state index contributed by atoms with van der Waals surface area (Å²) in [7, 11) is 0. The van der Waals surface area contributed by atoms with Crippen molar-refractivity contribution in [3.63, 3.8) is 0 Å². The van der Waals surface area contributed by atoms with E-state index in [0.717, 1.165) is 23.3 Å². The predicted octanol–water partition coefficient (Wildman–Crippen LogP) is 6.12. The number of nitrogens with zero attached hydrogens (tertiary/aromatic N) is 1. The Hall–Kier alpha value is -5.36. The summed E-state index contributed by atoms with van der Waals surface area (Å²) in [5.41, 5.74) is 2.65. The Bertz CT molecular complexity index is 1410. The van der Waals surface area contributed by atoms with Gasteiger partial charge in [0.15, 0.2) is 17.2 Å². The molecule has 210 valence electrons. The highest BCUT2D eigenvalue weighted by atomic mass is 16.5. The van der Waals surface area contributed by atoms with Crippen molar-refractivity contribution in [3.05, 3.63) is 109 Å². The molecule has 0 bridgehead atoms. The van der Waals surface area contributed by atoms with E-state index in [2.05, 4.69) is 18.0 Å². The number of rotatable bonds is 15. The third kappa shape index (κ3) is 9.71. The monoisotopic (exact) mass is 555 g/mol. The van der Waals surface area contributed by atoms with Crippen molar-refractivity contribution in [2.75, 3.05) is 26.4 Å². The smallest absolute Gasteiger partial charge is 0.343 e. The van der Waals surface area contributed by atoms with Gasteiger partial charge in [-0.05, 0) is 41.5 Å². The van der Waals surface area contributed by atoms with Crippen LogP contribution >= 0.6 is 0 Å². The zero-order valence-electron chi connectivity index (χ0n) is 22.4. The summed E-state index contributed by atoms with van der Waals surface area (Å²) in [6.45, 7) is 14.5. The number of benzene rings is 3. The van der Waals surface area contributed by atoms with Crippen molar-refractivity contribution >= 4 is 23.6 Å². The third-order valence-corrected chi connectivity index (χ3v) is 5.49. The number of esters is 3. The molecule has 0 spiro atoms. The molecule has 0 aliphatic carbocycles. The minimum atomic E-state index is -0.591. The molecule has 0 unspecified atom stereocenters. The molecule has 0 aliphatic rings. The van der Waals surface area contributed by atoms with E-state index in [9.17, 15) is 14.4 Å². The van der Waals surface area contributed by atoms with Gasteiger partial charge in [0, 0.05) is 25.0 Å². The molecule has 3 aromatic rings. The van der Waals surface area contributed by atoms with E-state index >= 15 is 0 Å². The summed E-state index contributed by atoms with van der Waals surface area (Å²) in [6.07, 6.45) is 3.00. The van der Waals surface area contributed by atoms with E-state index < -0.39 is 17.9 Å². The second-order valence-corrected chi connectivity index (χ2v) is 8.38. The van der Waals surface area contributed by atoms with Gasteiger partial charge in [-0.1, -0.05) is 49.6 Å². The highest BCUT2D eigenvalue weighted by Crippen LogP contribution is 2.30. The molecule has 9 heteroatoms. The Labute approximate surface area is 238 Å². The molecular weight excluding hydrogens is 526 g/mol. The molecule has 0 atom stereocenters. The second-order valence-electron chi connectivity index (χ2n) is 8.38. The quantitative estimate of drug-likeness (QED) is 0.0727. The Morgan fingerprint density at radius 3 is 1.78 bits per heavy atom. The molecule has 0 aromatic heterocycles. The first-order chi connectivity index (χ1) is 19.9. The van der Waals surface area contributed by atoms with E-state index in [1.54, 1.807) is 36.4 Å². The van der Waals surface area contributed by atoms with Gasteiger partial charge in [-0.15, -0.1) is 0 Å². The molecule has 41 heavy (non-hydrogen) atoms. The van der Waals surface area contributed by atoms with Crippen molar-refractivity contribution in [1.29, 1.82) is 0 Å². The van der Waals surface area contributed by atoms with Gasteiger partial charge in [-0.3, -0.25) is 0 Å². The van der Waals surface area contributed by atoms with Crippen LogP contribution in [0.25, 0.3) is 16.0 Å². The maximum absolute atomic E-state index is 12.9. The topological polar surface area (TPSA) is 102 Å². The zero-order valence-corrected chi connectivity index (χ0v) is 22.4. The second kappa shape index (κ2) is 15.9. The van der Waals surface area contributed by atoms with Crippen molar-refractivity contribution in [2.24, 2.45) is 0 Å². The molecule has 0 heterocycles. The van der Waals surface area contributed by atoms with E-state index in [1.807, 2.05) is 24.3 Å². The van der Waals surface area contributed by atoms with Gasteiger partial charge in [0.2, 0.25) is 0 Å². The summed E-state index contributed by atoms with van der Waals surface area (Å²) in [5, 5.41) is 0. The molecule has 0 saturated heterocycles. The van der Waals surface area contributed by atoms with Gasteiger partial charge in [0.1, 0.15) is 5.75 Å². The molecule has 0 N–H and O–H groups in total. The zero-order chi connectivity index (χ0) is 29.5. The molecule has 0 fully saturated rings. The molecule has 0 aliphatic heterocycles. The van der Waals surface area contributed by atoms with E-state index in [4.69, 9.17) is 30.3 Å². The van der Waals surface area contributed by atoms with Crippen LogP contribution in [0.1, 0.15) is 23.2 Å². The van der Waals surface area contributed by atoms with Gasteiger partial charge in [-0.25, -0.2) is 19.2 Å². The van der Waals surface area contributed by atoms with E-state index in [0.29, 0.717) is 35.8 Å². The first-order valence-corrected chi connectivity index (χ1v) is 12.7. The average Bonchev–Trinajstić information content (AvgIpc) is 3.01. The van der Waals surface area contributed by atoms with Crippen molar-refractivity contribution < 1.29 is 38.1 Å². The normalized spacial score (nSPS) is 10.0. The van der Waals surface area contributed by atoms with Crippen LogP contribution in [-0.2, 0) is 19.1 Å². The Morgan fingerprint density at radius 1 is 0.707 bits per heavy atom. The predicted molar refractivity (Wildman–Crippen MR) is 152 cm³/mol.